The molecule has 2 aromatic carbocycles. The van der Waals surface area contributed by atoms with Crippen molar-refractivity contribution in [3.8, 4) is 11.5 Å². The summed E-state index contributed by atoms with van der Waals surface area (Å²) < 4.78 is 18.7. The molecular formula is C30H38N6O4. The number of rotatable bonds is 12. The van der Waals surface area contributed by atoms with Gasteiger partial charge in [-0.2, -0.15) is 0 Å². The quantitative estimate of drug-likeness (QED) is 0.282. The Kier molecular flexibility index (Phi) is 8.76. The minimum atomic E-state index is -0.0934. The van der Waals surface area contributed by atoms with Crippen molar-refractivity contribution in [3.63, 3.8) is 0 Å². The molecule has 0 aliphatic carbocycles. The second kappa shape index (κ2) is 12.6. The van der Waals surface area contributed by atoms with Gasteiger partial charge in [-0.1, -0.05) is 24.6 Å². The number of nitrogens with zero attached hydrogens (tertiary/aromatic N) is 5. The molecule has 1 aliphatic rings. The van der Waals surface area contributed by atoms with Crippen molar-refractivity contribution in [1.29, 1.82) is 0 Å². The highest BCUT2D eigenvalue weighted by atomic mass is 16.5. The monoisotopic (exact) mass is 546 g/mol. The lowest BCUT2D eigenvalue weighted by molar-refractivity contribution is 0.0893. The summed E-state index contributed by atoms with van der Waals surface area (Å²) in [6, 6.07) is 14.0. The largest absolute Gasteiger partial charge is 0.493 e. The summed E-state index contributed by atoms with van der Waals surface area (Å²) in [7, 11) is 3.27. The minimum Gasteiger partial charge on any atom is -0.493 e. The van der Waals surface area contributed by atoms with Crippen molar-refractivity contribution in [2.45, 2.75) is 64.8 Å². The van der Waals surface area contributed by atoms with E-state index < -0.39 is 0 Å². The molecule has 1 N–H and O–H groups in total. The topological polar surface area (TPSA) is 107 Å². The number of H-pyrrole nitrogens is 1. The van der Waals surface area contributed by atoms with Gasteiger partial charge in [0.25, 0.3) is 5.56 Å². The van der Waals surface area contributed by atoms with Crippen molar-refractivity contribution < 1.29 is 14.2 Å². The lowest BCUT2D eigenvalue weighted by Crippen LogP contribution is -2.34. The normalized spacial score (nSPS) is 16.1. The predicted molar refractivity (Wildman–Crippen MR) is 153 cm³/mol. The number of hydrogen-bond donors (Lipinski definition) is 1. The summed E-state index contributed by atoms with van der Waals surface area (Å²) in [5.41, 5.74) is 3.72. The number of nitrogens with one attached hydrogen (secondary N) is 1. The van der Waals surface area contributed by atoms with Crippen LogP contribution in [0, 0.1) is 6.92 Å². The number of aromatic nitrogens is 5. The summed E-state index contributed by atoms with van der Waals surface area (Å²) in [4.78, 5) is 18.6. The van der Waals surface area contributed by atoms with E-state index >= 15 is 0 Å². The third kappa shape index (κ3) is 6.18. The first-order chi connectivity index (χ1) is 19.5. The third-order valence-electron chi connectivity index (χ3n) is 7.67. The number of pyridine rings is 1. The summed E-state index contributed by atoms with van der Waals surface area (Å²) in [5.74, 6) is 2.18. The van der Waals surface area contributed by atoms with Crippen LogP contribution in [0.1, 0.15) is 54.7 Å². The number of fused-ring (bicyclic) bond motifs is 1. The summed E-state index contributed by atoms with van der Waals surface area (Å²) in [5, 5.41) is 13.8. The van der Waals surface area contributed by atoms with Crippen LogP contribution in [0.2, 0.25) is 0 Å². The fourth-order valence-electron chi connectivity index (χ4n) is 5.53. The number of aryl methyl sites for hydroxylation is 1. The molecule has 212 valence electrons. The number of hydrogen-bond acceptors (Lipinski definition) is 8. The molecule has 10 heteroatoms. The van der Waals surface area contributed by atoms with Crippen molar-refractivity contribution in [1.82, 2.24) is 30.1 Å². The van der Waals surface area contributed by atoms with Gasteiger partial charge in [-0.25, -0.2) is 4.68 Å². The lowest BCUT2D eigenvalue weighted by Gasteiger charge is -2.30. The highest BCUT2D eigenvalue weighted by Crippen LogP contribution is 2.29. The Morgan fingerprint density at radius 1 is 1.15 bits per heavy atom. The van der Waals surface area contributed by atoms with E-state index in [4.69, 9.17) is 14.2 Å². The zero-order chi connectivity index (χ0) is 28.1. The second-order valence-corrected chi connectivity index (χ2v) is 10.4. The first-order valence-corrected chi connectivity index (χ1v) is 13.9. The molecule has 0 spiro atoms. The van der Waals surface area contributed by atoms with E-state index in [2.05, 4.69) is 45.3 Å². The third-order valence-corrected chi connectivity index (χ3v) is 7.67. The van der Waals surface area contributed by atoms with E-state index in [0.717, 1.165) is 60.1 Å². The van der Waals surface area contributed by atoms with Gasteiger partial charge >= 0.3 is 0 Å². The molecule has 0 saturated carbocycles. The first-order valence-electron chi connectivity index (χ1n) is 13.9. The van der Waals surface area contributed by atoms with Crippen molar-refractivity contribution in [2.24, 2.45) is 0 Å². The highest BCUT2D eigenvalue weighted by molar-refractivity contribution is 5.79. The number of methoxy groups -OCH3 is 2. The summed E-state index contributed by atoms with van der Waals surface area (Å²) in [6.45, 7) is 6.73. The van der Waals surface area contributed by atoms with Gasteiger partial charge < -0.3 is 19.2 Å². The smallest absolute Gasteiger partial charge is 0.252 e. The second-order valence-electron chi connectivity index (χ2n) is 10.4. The van der Waals surface area contributed by atoms with Crippen LogP contribution in [0.15, 0.2) is 47.3 Å². The number of tetrazole rings is 1. The van der Waals surface area contributed by atoms with Crippen LogP contribution < -0.4 is 15.0 Å². The Bertz CT molecular complexity index is 1490. The van der Waals surface area contributed by atoms with Crippen LogP contribution in [-0.4, -0.2) is 63.6 Å². The molecule has 1 saturated heterocycles. The van der Waals surface area contributed by atoms with Crippen molar-refractivity contribution in [3.05, 3.63) is 75.3 Å². The minimum absolute atomic E-state index is 0.0822. The Morgan fingerprint density at radius 2 is 2.00 bits per heavy atom. The van der Waals surface area contributed by atoms with Crippen LogP contribution in [0.3, 0.4) is 0 Å². The van der Waals surface area contributed by atoms with Crippen molar-refractivity contribution >= 4 is 10.9 Å². The molecule has 0 radical (unpaired) electrons. The number of benzene rings is 2. The highest BCUT2D eigenvalue weighted by Gasteiger charge is 2.27. The van der Waals surface area contributed by atoms with E-state index in [9.17, 15) is 4.79 Å². The van der Waals surface area contributed by atoms with Gasteiger partial charge in [-0.15, -0.1) is 5.10 Å². The average Bonchev–Trinajstić information content (AvgIpc) is 3.65. The molecule has 40 heavy (non-hydrogen) atoms. The Morgan fingerprint density at radius 3 is 2.75 bits per heavy atom. The average molecular weight is 547 g/mol. The molecule has 10 nitrogen and oxygen atoms in total. The van der Waals surface area contributed by atoms with Gasteiger partial charge in [0, 0.05) is 30.8 Å². The molecule has 2 aromatic heterocycles. The molecule has 1 aliphatic heterocycles. The van der Waals surface area contributed by atoms with Gasteiger partial charge in [-0.05, 0) is 84.3 Å². The van der Waals surface area contributed by atoms with Crippen LogP contribution in [0.4, 0.5) is 0 Å². The van der Waals surface area contributed by atoms with E-state index in [-0.39, 0.29) is 17.7 Å². The van der Waals surface area contributed by atoms with Gasteiger partial charge in [-0.3, -0.25) is 9.69 Å². The van der Waals surface area contributed by atoms with Gasteiger partial charge in [0.2, 0.25) is 0 Å². The molecular weight excluding hydrogens is 508 g/mol. The molecule has 2 atom stereocenters. The van der Waals surface area contributed by atoms with Crippen LogP contribution in [0.5, 0.6) is 11.5 Å². The summed E-state index contributed by atoms with van der Waals surface area (Å²) >= 11 is 0. The van der Waals surface area contributed by atoms with E-state index in [1.54, 1.807) is 14.2 Å². The van der Waals surface area contributed by atoms with Crippen molar-refractivity contribution in [2.75, 3.05) is 27.4 Å². The zero-order valence-corrected chi connectivity index (χ0v) is 23.7. The van der Waals surface area contributed by atoms with Gasteiger partial charge in [0.05, 0.1) is 32.9 Å². The fourth-order valence-corrected chi connectivity index (χ4v) is 5.53. The standard InChI is InChI=1S/C30H38N6O4/c1-5-26(29-32-33-34-36(29)19-24-7-6-14-40-24)35(13-12-21-9-11-27(38-3)28(16-21)39-4)18-23-17-22-15-20(2)8-10-25(22)31-30(23)37/h8-11,15-17,24,26H,5-7,12-14,18-19H2,1-4H3,(H,31,37)/t24-,26-/m0/s1. The fraction of sp³-hybridized carbons (Fsp3) is 0.467. The van der Waals surface area contributed by atoms with Crippen LogP contribution in [0.25, 0.3) is 10.9 Å². The lowest BCUT2D eigenvalue weighted by atomic mass is 10.1. The summed E-state index contributed by atoms with van der Waals surface area (Å²) in [6.07, 6.45) is 3.70. The molecule has 5 rings (SSSR count). The van der Waals surface area contributed by atoms with E-state index in [0.29, 0.717) is 36.7 Å². The SMILES string of the molecule is CC[C@@H](c1nnnn1C[C@@H]1CCCO1)N(CCc1ccc(OC)c(OC)c1)Cc1cc2cc(C)ccc2[nH]c1=O. The zero-order valence-electron chi connectivity index (χ0n) is 23.7. The number of aromatic amines is 1. The van der Waals surface area contributed by atoms with Crippen LogP contribution >= 0.6 is 0 Å². The maximum absolute atomic E-state index is 13.2. The maximum Gasteiger partial charge on any atom is 0.252 e. The molecule has 1 fully saturated rings. The van der Waals surface area contributed by atoms with E-state index in [1.807, 2.05) is 41.1 Å². The molecule has 0 amide bonds. The Labute approximate surface area is 234 Å². The van der Waals surface area contributed by atoms with Gasteiger partial charge in [0.15, 0.2) is 17.3 Å². The maximum atomic E-state index is 13.2. The van der Waals surface area contributed by atoms with E-state index in [1.165, 1.54) is 0 Å². The van der Waals surface area contributed by atoms with Gasteiger partial charge in [0.1, 0.15) is 0 Å². The van der Waals surface area contributed by atoms with Crippen LogP contribution in [-0.2, 0) is 24.2 Å². The molecule has 0 unspecified atom stereocenters. The Balaban J connectivity index is 1.47. The molecule has 3 heterocycles. The number of ether oxygens (including phenoxy) is 3. The molecule has 0 bridgehead atoms. The Hall–Kier alpha value is -3.76. The first kappa shape index (κ1) is 27.8. The predicted octanol–water partition coefficient (Wildman–Crippen LogP) is 4.22. The molecule has 4 aromatic rings.